The molecule has 0 radical (unpaired) electrons. The van der Waals surface area contributed by atoms with Gasteiger partial charge >= 0.3 is 0 Å². The molecule has 4 unspecified atom stereocenters. The lowest BCUT2D eigenvalue weighted by atomic mass is 9.84. The van der Waals surface area contributed by atoms with Crippen LogP contribution in [0.2, 0.25) is 0 Å². The number of rotatable bonds is 11. The second kappa shape index (κ2) is 11.3. The third-order valence-corrected chi connectivity index (χ3v) is 8.02. The minimum absolute atomic E-state index is 0.154. The summed E-state index contributed by atoms with van der Waals surface area (Å²) in [4.78, 5) is 2.00. The molecule has 4 heterocycles. The first-order valence-electron chi connectivity index (χ1n) is 12.8. The Morgan fingerprint density at radius 3 is 2.05 bits per heavy atom. The summed E-state index contributed by atoms with van der Waals surface area (Å²) in [5.74, 6) is 0.129. The van der Waals surface area contributed by atoms with E-state index in [2.05, 4.69) is 0 Å². The van der Waals surface area contributed by atoms with Crippen molar-refractivity contribution in [1.29, 1.82) is 0 Å². The smallest absolute Gasteiger partial charge is 0.205 e. The van der Waals surface area contributed by atoms with E-state index in [-0.39, 0.29) is 29.5 Å². The highest BCUT2D eigenvalue weighted by atomic mass is 35.5. The van der Waals surface area contributed by atoms with Gasteiger partial charge in [-0.15, -0.1) is 23.2 Å². The fourth-order valence-corrected chi connectivity index (χ4v) is 6.04. The zero-order valence-corrected chi connectivity index (χ0v) is 22.8. The first-order valence-corrected chi connectivity index (χ1v) is 13.8. The second-order valence-electron chi connectivity index (χ2n) is 9.99. The molecule has 1 saturated heterocycles. The van der Waals surface area contributed by atoms with Crippen LogP contribution in [0.3, 0.4) is 0 Å². The van der Waals surface area contributed by atoms with Crippen molar-refractivity contribution in [2.45, 2.75) is 41.9 Å². The van der Waals surface area contributed by atoms with Crippen LogP contribution in [0.15, 0.2) is 36.4 Å². The van der Waals surface area contributed by atoms with E-state index in [1.807, 2.05) is 17.0 Å². The maximum Gasteiger partial charge on any atom is 0.205 e. The van der Waals surface area contributed by atoms with E-state index < -0.39 is 55.1 Å². The van der Waals surface area contributed by atoms with Gasteiger partial charge in [0.1, 0.15) is 35.6 Å². The summed E-state index contributed by atoms with van der Waals surface area (Å²) in [6.45, 7) is -0.388. The van der Waals surface area contributed by atoms with E-state index in [1.54, 1.807) is 24.3 Å². The predicted octanol–water partition coefficient (Wildman–Crippen LogP) is -0.0281. The molecule has 14 heteroatoms. The maximum atomic E-state index is 11.4. The SMILES string of the molecule is OCC1O[C@@H](OCC23C=CC(CO)(O2)c2c3c(O)n(-c3ccc(N(CCCl)CCCl)cc3)c2O)C(O)[C@@H](O)[C@@H]1O. The van der Waals surface area contributed by atoms with Crippen molar-refractivity contribution in [3.63, 3.8) is 0 Å². The van der Waals surface area contributed by atoms with E-state index in [1.165, 1.54) is 4.57 Å². The van der Waals surface area contributed by atoms with Gasteiger partial charge in [0.15, 0.2) is 6.29 Å². The highest BCUT2D eigenvalue weighted by molar-refractivity contribution is 6.18. The van der Waals surface area contributed by atoms with Crippen LogP contribution in [0.5, 0.6) is 11.8 Å². The van der Waals surface area contributed by atoms with Gasteiger partial charge in [-0.3, -0.25) is 4.57 Å². The monoisotopic (exact) mass is 602 g/mol. The van der Waals surface area contributed by atoms with Crippen molar-refractivity contribution >= 4 is 28.9 Å². The molecule has 220 valence electrons. The molecule has 0 aliphatic carbocycles. The van der Waals surface area contributed by atoms with Crippen LogP contribution in [0.25, 0.3) is 5.69 Å². The molecule has 2 aromatic rings. The van der Waals surface area contributed by atoms with Gasteiger partial charge in [-0.2, -0.15) is 0 Å². The van der Waals surface area contributed by atoms with Crippen LogP contribution in [-0.2, 0) is 25.4 Å². The fourth-order valence-electron chi connectivity index (χ4n) is 5.64. The number of benzene rings is 1. The molecule has 0 saturated carbocycles. The predicted molar refractivity (Wildman–Crippen MR) is 143 cm³/mol. The third kappa shape index (κ3) is 4.56. The van der Waals surface area contributed by atoms with Gasteiger partial charge in [0.25, 0.3) is 0 Å². The van der Waals surface area contributed by atoms with E-state index in [0.29, 0.717) is 30.5 Å². The lowest BCUT2D eigenvalue weighted by Crippen LogP contribution is -2.59. The highest BCUT2D eigenvalue weighted by Gasteiger charge is 2.61. The topological polar surface area (TPSA) is 177 Å². The first-order chi connectivity index (χ1) is 19.2. The number of hydrogen-bond donors (Lipinski definition) is 7. The average Bonchev–Trinajstić information content (AvgIpc) is 3.58. The van der Waals surface area contributed by atoms with E-state index in [4.69, 9.17) is 37.4 Å². The van der Waals surface area contributed by atoms with Crippen LogP contribution in [0, 0.1) is 0 Å². The fraction of sp³-hybridized carbons (Fsp3) is 0.538. The van der Waals surface area contributed by atoms with Gasteiger partial charge in [-0.1, -0.05) is 0 Å². The molecule has 3 aliphatic heterocycles. The number of nitrogens with zero attached hydrogens (tertiary/aromatic N) is 2. The van der Waals surface area contributed by atoms with Gasteiger partial charge in [-0.05, 0) is 36.4 Å². The lowest BCUT2D eigenvalue weighted by molar-refractivity contribution is -0.309. The third-order valence-electron chi connectivity index (χ3n) is 7.68. The molecule has 7 atom stereocenters. The van der Waals surface area contributed by atoms with Gasteiger partial charge in [0.2, 0.25) is 11.8 Å². The normalized spacial score (nSPS) is 32.5. The Bertz CT molecular complexity index is 1240. The Morgan fingerprint density at radius 2 is 1.48 bits per heavy atom. The molecule has 12 nitrogen and oxygen atoms in total. The highest BCUT2D eigenvalue weighted by Crippen LogP contribution is 2.61. The van der Waals surface area contributed by atoms with Crippen LogP contribution < -0.4 is 4.90 Å². The zero-order chi connectivity index (χ0) is 28.8. The standard InChI is InChI=1S/C26H32Cl2N2O10/c27-7-9-29(10-8-28)14-1-3-15(4-2-14)30-22(36)17-18(23(30)37)26(6-5-25(17,12-32)40-26)13-38-24-21(35)20(34)19(33)16(11-31)39-24/h1-6,16,19-21,24,31-37H,7-13H2/t16?,19-,20+,21?,24-,25?,26?/m1/s1. The minimum atomic E-state index is -1.65. The quantitative estimate of drug-likeness (QED) is 0.136. The second-order valence-corrected chi connectivity index (χ2v) is 10.8. The molecule has 5 rings (SSSR count). The number of ether oxygens (including phenoxy) is 3. The Kier molecular flexibility index (Phi) is 8.30. The van der Waals surface area contributed by atoms with Crippen LogP contribution in [0.4, 0.5) is 5.69 Å². The van der Waals surface area contributed by atoms with Gasteiger partial charge in [0.05, 0.1) is 36.6 Å². The number of aliphatic hydroxyl groups is 5. The first kappa shape index (κ1) is 29.4. The van der Waals surface area contributed by atoms with Gasteiger partial charge in [0, 0.05) is 30.5 Å². The number of fused-ring (bicyclic) bond motifs is 5. The summed E-state index contributed by atoms with van der Waals surface area (Å²) in [6.07, 6.45) is -4.36. The molecule has 0 spiro atoms. The number of aromatic hydroxyl groups is 2. The van der Waals surface area contributed by atoms with Crippen molar-refractivity contribution in [3.05, 3.63) is 47.5 Å². The number of aromatic nitrogens is 1. The van der Waals surface area contributed by atoms with Crippen molar-refractivity contribution in [2.75, 3.05) is 49.6 Å². The number of aliphatic hydroxyl groups excluding tert-OH is 5. The number of hydrogen-bond acceptors (Lipinski definition) is 11. The summed E-state index contributed by atoms with van der Waals surface area (Å²) in [6, 6.07) is 7.03. The summed E-state index contributed by atoms with van der Waals surface area (Å²) in [5.41, 5.74) is -1.38. The minimum Gasteiger partial charge on any atom is -0.494 e. The molecule has 40 heavy (non-hydrogen) atoms. The lowest BCUT2D eigenvalue weighted by Gasteiger charge is -2.40. The van der Waals surface area contributed by atoms with Gasteiger partial charge in [-0.25, -0.2) is 0 Å². The van der Waals surface area contributed by atoms with Crippen molar-refractivity contribution in [2.24, 2.45) is 0 Å². The van der Waals surface area contributed by atoms with Crippen molar-refractivity contribution in [1.82, 2.24) is 4.57 Å². The summed E-state index contributed by atoms with van der Waals surface area (Å²) in [5, 5.41) is 73.0. The number of alkyl halides is 2. The molecule has 7 N–H and O–H groups in total. The molecular formula is C26H32Cl2N2O10. The summed E-state index contributed by atoms with van der Waals surface area (Å²) >= 11 is 11.8. The number of anilines is 1. The average molecular weight is 603 g/mol. The van der Waals surface area contributed by atoms with Crippen LogP contribution in [0.1, 0.15) is 11.1 Å². The Labute approximate surface area is 239 Å². The summed E-state index contributed by atoms with van der Waals surface area (Å²) in [7, 11) is 0. The van der Waals surface area contributed by atoms with Crippen molar-refractivity contribution < 1.29 is 50.0 Å². The Morgan fingerprint density at radius 1 is 0.875 bits per heavy atom. The Balaban J connectivity index is 1.46. The zero-order valence-electron chi connectivity index (χ0n) is 21.3. The molecule has 1 aromatic heterocycles. The van der Waals surface area contributed by atoms with Crippen LogP contribution in [-0.4, -0.2) is 116 Å². The van der Waals surface area contributed by atoms with Crippen molar-refractivity contribution in [3.8, 4) is 17.4 Å². The molecule has 1 fully saturated rings. The summed E-state index contributed by atoms with van der Waals surface area (Å²) < 4.78 is 18.5. The molecule has 0 amide bonds. The largest absolute Gasteiger partial charge is 0.494 e. The number of halogens is 2. The van der Waals surface area contributed by atoms with E-state index >= 15 is 0 Å². The van der Waals surface area contributed by atoms with E-state index in [9.17, 15) is 35.7 Å². The molecule has 2 bridgehead atoms. The maximum absolute atomic E-state index is 11.4. The molecule has 1 aromatic carbocycles. The molecular weight excluding hydrogens is 571 g/mol. The molecule has 3 aliphatic rings. The van der Waals surface area contributed by atoms with E-state index in [0.717, 1.165) is 5.69 Å². The Hall–Kier alpha value is -2.10. The van der Waals surface area contributed by atoms with Crippen LogP contribution >= 0.6 is 23.2 Å². The van der Waals surface area contributed by atoms with Gasteiger partial charge < -0.3 is 54.9 Å².